The molecular weight excluding hydrogens is 284 g/mol. The van der Waals surface area contributed by atoms with Gasteiger partial charge in [0.15, 0.2) is 0 Å². The van der Waals surface area contributed by atoms with E-state index in [1.165, 1.54) is 0 Å². The van der Waals surface area contributed by atoms with E-state index in [1.54, 1.807) is 0 Å². The number of nitrogens with one attached hydrogen (secondary N) is 2. The summed E-state index contributed by atoms with van der Waals surface area (Å²) in [7, 11) is 0. The Morgan fingerprint density at radius 2 is 2.29 bits per heavy atom. The van der Waals surface area contributed by atoms with Gasteiger partial charge < -0.3 is 10.6 Å². The van der Waals surface area contributed by atoms with Crippen molar-refractivity contribution in [3.8, 4) is 0 Å². The van der Waals surface area contributed by atoms with Crippen molar-refractivity contribution in [1.82, 2.24) is 5.32 Å². The highest BCUT2D eigenvalue weighted by Gasteiger charge is 2.27. The molecule has 1 atom stereocenters. The lowest BCUT2D eigenvalue weighted by molar-refractivity contribution is -0.122. The highest BCUT2D eigenvalue weighted by Crippen LogP contribution is 2.20. The fraction of sp³-hybridized carbons (Fsp3) is 0.333. The normalized spacial score (nSPS) is 18.9. The van der Waals surface area contributed by atoms with Crippen molar-refractivity contribution < 1.29 is 9.59 Å². The number of halogens is 1. The third-order valence-corrected chi connectivity index (χ3v) is 3.25. The van der Waals surface area contributed by atoms with Gasteiger partial charge in [0, 0.05) is 16.6 Å². The van der Waals surface area contributed by atoms with E-state index < -0.39 is 6.04 Å². The van der Waals surface area contributed by atoms with Crippen LogP contribution in [0.2, 0.25) is 0 Å². The van der Waals surface area contributed by atoms with Gasteiger partial charge in [0.2, 0.25) is 11.8 Å². The van der Waals surface area contributed by atoms with Gasteiger partial charge in [-0.25, -0.2) is 0 Å². The average molecular weight is 297 g/mol. The van der Waals surface area contributed by atoms with Crippen LogP contribution in [0.5, 0.6) is 0 Å². The van der Waals surface area contributed by atoms with E-state index in [0.29, 0.717) is 12.8 Å². The van der Waals surface area contributed by atoms with Gasteiger partial charge in [-0.05, 0) is 37.1 Å². The monoisotopic (exact) mass is 296 g/mol. The van der Waals surface area contributed by atoms with Crippen LogP contribution in [-0.2, 0) is 9.59 Å². The van der Waals surface area contributed by atoms with Crippen LogP contribution in [0.25, 0.3) is 0 Å². The van der Waals surface area contributed by atoms with Crippen LogP contribution in [0.3, 0.4) is 0 Å². The quantitative estimate of drug-likeness (QED) is 0.877. The van der Waals surface area contributed by atoms with Crippen LogP contribution in [-0.4, -0.2) is 17.9 Å². The molecule has 90 valence electrons. The molecule has 2 amide bonds. The molecule has 1 heterocycles. The smallest absolute Gasteiger partial charge is 0.246 e. The van der Waals surface area contributed by atoms with Gasteiger partial charge in [0.05, 0.1) is 0 Å². The van der Waals surface area contributed by atoms with Crippen LogP contribution in [0.4, 0.5) is 5.69 Å². The number of amides is 2. The molecule has 2 rings (SSSR count). The van der Waals surface area contributed by atoms with Crippen molar-refractivity contribution in [3.05, 3.63) is 28.2 Å². The van der Waals surface area contributed by atoms with E-state index >= 15 is 0 Å². The fourth-order valence-electron chi connectivity index (χ4n) is 1.80. The third-order valence-electron chi connectivity index (χ3n) is 2.76. The lowest BCUT2D eigenvalue weighted by atomic mass is 10.1. The molecule has 1 aromatic rings. The third kappa shape index (κ3) is 2.85. The summed E-state index contributed by atoms with van der Waals surface area (Å²) in [5.41, 5.74) is 1.76. The molecule has 0 saturated carbocycles. The maximum Gasteiger partial charge on any atom is 0.246 e. The molecule has 0 spiro atoms. The molecular formula is C12H13BrN2O2. The maximum absolute atomic E-state index is 11.9. The molecule has 2 N–H and O–H groups in total. The van der Waals surface area contributed by atoms with Crippen molar-refractivity contribution in [2.75, 3.05) is 5.32 Å². The van der Waals surface area contributed by atoms with Gasteiger partial charge >= 0.3 is 0 Å². The number of hydrogen-bond acceptors (Lipinski definition) is 2. The van der Waals surface area contributed by atoms with E-state index in [-0.39, 0.29) is 11.8 Å². The minimum atomic E-state index is -0.398. The molecule has 1 saturated heterocycles. The Morgan fingerprint density at radius 3 is 2.88 bits per heavy atom. The number of hydrogen-bond donors (Lipinski definition) is 2. The summed E-state index contributed by atoms with van der Waals surface area (Å²) in [4.78, 5) is 22.9. The zero-order valence-corrected chi connectivity index (χ0v) is 11.0. The largest absolute Gasteiger partial charge is 0.344 e. The Labute approximate surface area is 108 Å². The molecule has 4 nitrogen and oxygen atoms in total. The van der Waals surface area contributed by atoms with E-state index in [4.69, 9.17) is 0 Å². The maximum atomic E-state index is 11.9. The van der Waals surface area contributed by atoms with Gasteiger partial charge in [-0.15, -0.1) is 0 Å². The fourth-order valence-corrected chi connectivity index (χ4v) is 2.27. The highest BCUT2D eigenvalue weighted by atomic mass is 79.9. The number of anilines is 1. The van der Waals surface area contributed by atoms with Crippen LogP contribution >= 0.6 is 15.9 Å². The molecule has 0 aromatic heterocycles. The van der Waals surface area contributed by atoms with Gasteiger partial charge in [-0.1, -0.05) is 15.9 Å². The molecule has 1 aliphatic rings. The zero-order valence-electron chi connectivity index (χ0n) is 9.42. The van der Waals surface area contributed by atoms with Gasteiger partial charge in [-0.2, -0.15) is 0 Å². The summed E-state index contributed by atoms with van der Waals surface area (Å²) in [6.07, 6.45) is 0.998. The van der Waals surface area contributed by atoms with Crippen molar-refractivity contribution in [2.45, 2.75) is 25.8 Å². The topological polar surface area (TPSA) is 58.2 Å². The SMILES string of the molecule is Cc1cc(Br)ccc1NC(=O)[C@H]1CCC(=O)N1. The number of rotatable bonds is 2. The van der Waals surface area contributed by atoms with Crippen LogP contribution in [0.15, 0.2) is 22.7 Å². The highest BCUT2D eigenvalue weighted by molar-refractivity contribution is 9.10. The summed E-state index contributed by atoms with van der Waals surface area (Å²) < 4.78 is 0.974. The standard InChI is InChI=1S/C12H13BrN2O2/c1-7-6-8(13)2-3-9(7)15-12(17)10-4-5-11(16)14-10/h2-3,6,10H,4-5H2,1H3,(H,14,16)(H,15,17)/t10-/m1/s1. The molecule has 1 aliphatic heterocycles. The summed E-state index contributed by atoms with van der Waals surface area (Å²) in [5.74, 6) is -0.209. The van der Waals surface area contributed by atoms with Gasteiger partial charge in [0.1, 0.15) is 6.04 Å². The second-order valence-corrected chi connectivity index (χ2v) is 5.02. The first-order chi connectivity index (χ1) is 8.06. The molecule has 0 bridgehead atoms. The van der Waals surface area contributed by atoms with Crippen molar-refractivity contribution >= 4 is 33.4 Å². The van der Waals surface area contributed by atoms with Gasteiger partial charge in [0.25, 0.3) is 0 Å². The molecule has 1 aromatic carbocycles. The van der Waals surface area contributed by atoms with Crippen molar-refractivity contribution in [3.63, 3.8) is 0 Å². The summed E-state index contributed by atoms with van der Waals surface area (Å²) >= 11 is 3.37. The lowest BCUT2D eigenvalue weighted by Crippen LogP contribution is -2.37. The second kappa shape index (κ2) is 4.87. The first-order valence-corrected chi connectivity index (χ1v) is 6.22. The van der Waals surface area contributed by atoms with Crippen LogP contribution in [0.1, 0.15) is 18.4 Å². The van der Waals surface area contributed by atoms with E-state index in [0.717, 1.165) is 15.7 Å². The average Bonchev–Trinajstić information content (AvgIpc) is 2.69. The van der Waals surface area contributed by atoms with Crippen molar-refractivity contribution in [1.29, 1.82) is 0 Å². The Bertz CT molecular complexity index is 474. The molecule has 17 heavy (non-hydrogen) atoms. The van der Waals surface area contributed by atoms with Crippen LogP contribution < -0.4 is 10.6 Å². The Kier molecular flexibility index (Phi) is 3.47. The minimum Gasteiger partial charge on any atom is -0.344 e. The predicted octanol–water partition coefficient (Wildman–Crippen LogP) is 1.97. The number of aryl methyl sites for hydroxylation is 1. The lowest BCUT2D eigenvalue weighted by Gasteiger charge is -2.12. The number of carbonyl (C=O) groups is 2. The predicted molar refractivity (Wildman–Crippen MR) is 68.7 cm³/mol. The summed E-state index contributed by atoms with van der Waals surface area (Å²) in [6, 6.07) is 5.25. The summed E-state index contributed by atoms with van der Waals surface area (Å²) in [6.45, 7) is 1.92. The molecule has 0 radical (unpaired) electrons. The first kappa shape index (κ1) is 12.1. The van der Waals surface area contributed by atoms with Crippen molar-refractivity contribution in [2.24, 2.45) is 0 Å². The Hall–Kier alpha value is -1.36. The molecule has 1 fully saturated rings. The molecule has 0 aliphatic carbocycles. The Balaban J connectivity index is 2.05. The van der Waals surface area contributed by atoms with Gasteiger partial charge in [-0.3, -0.25) is 9.59 Å². The number of benzene rings is 1. The minimum absolute atomic E-state index is 0.0577. The molecule has 5 heteroatoms. The zero-order chi connectivity index (χ0) is 12.4. The Morgan fingerprint density at radius 1 is 1.53 bits per heavy atom. The molecule has 0 unspecified atom stereocenters. The van der Waals surface area contributed by atoms with E-state index in [2.05, 4.69) is 26.6 Å². The number of carbonyl (C=O) groups excluding carboxylic acids is 2. The van der Waals surface area contributed by atoms with E-state index in [1.807, 2.05) is 25.1 Å². The van der Waals surface area contributed by atoms with E-state index in [9.17, 15) is 9.59 Å². The summed E-state index contributed by atoms with van der Waals surface area (Å²) in [5, 5.41) is 5.47. The van der Waals surface area contributed by atoms with Crippen LogP contribution in [0, 0.1) is 6.92 Å². The first-order valence-electron chi connectivity index (χ1n) is 5.42. The second-order valence-electron chi connectivity index (χ2n) is 4.11.